The van der Waals surface area contributed by atoms with Crippen molar-refractivity contribution >= 4 is 27.2 Å². The first-order chi connectivity index (χ1) is 16.2. The van der Waals surface area contributed by atoms with Crippen molar-refractivity contribution in [3.05, 3.63) is 59.1 Å². The monoisotopic (exact) mass is 491 g/mol. The molecule has 182 valence electrons. The molecule has 5 nitrogen and oxygen atoms in total. The van der Waals surface area contributed by atoms with E-state index in [2.05, 4.69) is 11.9 Å². The molecule has 9 heteroatoms. The van der Waals surface area contributed by atoms with Crippen LogP contribution in [-0.4, -0.2) is 66.1 Å². The number of nitrogens with zero attached hydrogens (tertiary/aromatic N) is 3. The van der Waals surface area contributed by atoms with E-state index in [-0.39, 0.29) is 19.1 Å². The molecule has 0 spiro atoms. The van der Waals surface area contributed by atoms with E-state index in [1.54, 1.807) is 22.3 Å². The van der Waals surface area contributed by atoms with Gasteiger partial charge < -0.3 is 19.6 Å². The third kappa shape index (κ3) is 4.66. The average Bonchev–Trinajstić information content (AvgIpc) is 3.43. The lowest BCUT2D eigenvalue weighted by Gasteiger charge is -2.32. The fourth-order valence-electron chi connectivity index (χ4n) is 4.73. The summed E-state index contributed by atoms with van der Waals surface area (Å²) >= 11 is 1.58. The lowest BCUT2D eigenvalue weighted by Crippen LogP contribution is -2.47. The first-order valence-electron chi connectivity index (χ1n) is 11.6. The summed E-state index contributed by atoms with van der Waals surface area (Å²) in [7, 11) is 2.10. The van der Waals surface area contributed by atoms with E-state index >= 15 is 0 Å². The third-order valence-electron chi connectivity index (χ3n) is 6.84. The minimum atomic E-state index is -4.65. The minimum absolute atomic E-state index is 0.0824. The van der Waals surface area contributed by atoms with Gasteiger partial charge in [0.05, 0.1) is 22.9 Å². The Morgan fingerprint density at radius 1 is 1.12 bits per heavy atom. The van der Waals surface area contributed by atoms with E-state index in [4.69, 9.17) is 9.72 Å². The van der Waals surface area contributed by atoms with Gasteiger partial charge in [-0.05, 0) is 49.7 Å². The zero-order valence-corrected chi connectivity index (χ0v) is 19.8. The van der Waals surface area contributed by atoms with Gasteiger partial charge in [0, 0.05) is 31.7 Å². The van der Waals surface area contributed by atoms with Crippen LogP contribution < -0.4 is 4.90 Å². The molecule has 0 aliphatic carbocycles. The molecule has 2 aliphatic rings. The molecule has 2 aliphatic heterocycles. The van der Waals surface area contributed by atoms with Crippen molar-refractivity contribution in [2.45, 2.75) is 43.2 Å². The molecule has 1 aromatic heterocycles. The Morgan fingerprint density at radius 2 is 1.88 bits per heavy atom. The van der Waals surface area contributed by atoms with Crippen molar-refractivity contribution in [2.24, 2.45) is 0 Å². The second-order valence-electron chi connectivity index (χ2n) is 9.33. The molecule has 0 bridgehead atoms. The number of benzene rings is 2. The molecule has 2 saturated heterocycles. The largest absolute Gasteiger partial charge is 0.418 e. The summed E-state index contributed by atoms with van der Waals surface area (Å²) in [6.45, 7) is 1.59. The Bertz CT molecular complexity index is 1110. The van der Waals surface area contributed by atoms with E-state index in [1.165, 1.54) is 0 Å². The second-order valence-corrected chi connectivity index (χ2v) is 10.4. The molecule has 2 unspecified atom stereocenters. The van der Waals surface area contributed by atoms with E-state index < -0.39 is 24.4 Å². The Labute approximate surface area is 200 Å². The number of likely N-dealkylation sites (tertiary alicyclic amines) is 1. The summed E-state index contributed by atoms with van der Waals surface area (Å²) in [5.74, 6) is 0. The molecule has 2 aromatic carbocycles. The first-order valence-corrected chi connectivity index (χ1v) is 12.4. The maximum Gasteiger partial charge on any atom is 0.418 e. The molecule has 1 N–H and O–H groups in total. The number of piperidine rings is 1. The number of ether oxygens (including phenoxy) is 1. The van der Waals surface area contributed by atoms with Gasteiger partial charge in [0.2, 0.25) is 0 Å². The lowest BCUT2D eigenvalue weighted by atomic mass is 10.0. The highest BCUT2D eigenvalue weighted by molar-refractivity contribution is 7.18. The van der Waals surface area contributed by atoms with Gasteiger partial charge in [-0.2, -0.15) is 13.2 Å². The predicted molar refractivity (Wildman–Crippen MR) is 127 cm³/mol. The van der Waals surface area contributed by atoms with Crippen LogP contribution in [0.3, 0.4) is 0 Å². The SMILES string of the molecule is CN1CCC(OC(c2cccc(N3CCC(O)(C(F)(F)F)C3)c2)c2nc3ccccc3s2)CC1. The molecule has 0 saturated carbocycles. The van der Waals surface area contributed by atoms with E-state index in [9.17, 15) is 18.3 Å². The van der Waals surface area contributed by atoms with Crippen LogP contribution >= 0.6 is 11.3 Å². The highest BCUT2D eigenvalue weighted by Crippen LogP contribution is 2.41. The van der Waals surface area contributed by atoms with Crippen molar-refractivity contribution in [1.82, 2.24) is 9.88 Å². The second kappa shape index (κ2) is 9.11. The number of anilines is 1. The van der Waals surface area contributed by atoms with Gasteiger partial charge in [0.15, 0.2) is 5.60 Å². The van der Waals surface area contributed by atoms with Gasteiger partial charge >= 0.3 is 6.18 Å². The number of rotatable bonds is 5. The molecule has 0 amide bonds. The number of aliphatic hydroxyl groups is 1. The Hall–Kier alpha value is -2.20. The molecule has 34 heavy (non-hydrogen) atoms. The van der Waals surface area contributed by atoms with Crippen molar-refractivity contribution in [1.29, 1.82) is 0 Å². The number of alkyl halides is 3. The number of fused-ring (bicyclic) bond motifs is 1. The van der Waals surface area contributed by atoms with Gasteiger partial charge in [0.25, 0.3) is 0 Å². The number of aromatic nitrogens is 1. The third-order valence-corrected chi connectivity index (χ3v) is 7.92. The van der Waals surface area contributed by atoms with Crippen LogP contribution in [0.4, 0.5) is 18.9 Å². The van der Waals surface area contributed by atoms with E-state index in [0.29, 0.717) is 5.69 Å². The van der Waals surface area contributed by atoms with Crippen LogP contribution in [-0.2, 0) is 4.74 Å². The molecule has 2 fully saturated rings. The number of hydrogen-bond acceptors (Lipinski definition) is 6. The summed E-state index contributed by atoms with van der Waals surface area (Å²) in [5, 5.41) is 11.0. The van der Waals surface area contributed by atoms with Crippen LogP contribution in [0.15, 0.2) is 48.5 Å². The van der Waals surface area contributed by atoms with Crippen molar-refractivity contribution < 1.29 is 23.0 Å². The quantitative estimate of drug-likeness (QED) is 0.544. The predicted octanol–water partition coefficient (Wildman–Crippen LogP) is 5.00. The van der Waals surface area contributed by atoms with Crippen LogP contribution in [0.2, 0.25) is 0 Å². The molecule has 3 heterocycles. The average molecular weight is 492 g/mol. The van der Waals surface area contributed by atoms with Crippen LogP contribution in [0.25, 0.3) is 10.2 Å². The Balaban J connectivity index is 1.45. The number of β-amino-alcohol motifs (C(OH)–C–C–N with tert-alkyl or cyclic N) is 1. The Kier molecular flexibility index (Phi) is 6.31. The standard InChI is InChI=1S/C25H28F3N3O2S/c1-30-12-9-19(10-13-30)33-22(23-29-20-7-2-3-8-21(20)34-23)17-5-4-6-18(15-17)31-14-11-24(32,16-31)25(26,27)28/h2-8,15,19,22,32H,9-14,16H2,1H3. The van der Waals surface area contributed by atoms with Gasteiger partial charge in [-0.3, -0.25) is 0 Å². The number of hydrogen-bond donors (Lipinski definition) is 1. The lowest BCUT2D eigenvalue weighted by molar-refractivity contribution is -0.250. The topological polar surface area (TPSA) is 48.8 Å². The van der Waals surface area contributed by atoms with E-state index in [0.717, 1.165) is 46.7 Å². The Morgan fingerprint density at radius 3 is 2.59 bits per heavy atom. The smallest absolute Gasteiger partial charge is 0.379 e. The van der Waals surface area contributed by atoms with Crippen LogP contribution in [0.5, 0.6) is 0 Å². The molecule has 5 rings (SSSR count). The molecule has 2 atom stereocenters. The summed E-state index contributed by atoms with van der Waals surface area (Å²) in [4.78, 5) is 8.71. The zero-order chi connectivity index (χ0) is 23.9. The minimum Gasteiger partial charge on any atom is -0.379 e. The van der Waals surface area contributed by atoms with Gasteiger partial charge in [-0.15, -0.1) is 11.3 Å². The fraction of sp³-hybridized carbons (Fsp3) is 0.480. The summed E-state index contributed by atoms with van der Waals surface area (Å²) in [6, 6.07) is 15.4. The number of para-hydroxylation sites is 1. The highest BCUT2D eigenvalue weighted by Gasteiger charge is 2.57. The highest BCUT2D eigenvalue weighted by atomic mass is 32.1. The van der Waals surface area contributed by atoms with Gasteiger partial charge in [-0.25, -0.2) is 4.98 Å². The first kappa shape index (κ1) is 23.5. The van der Waals surface area contributed by atoms with E-state index in [1.807, 2.05) is 42.5 Å². The summed E-state index contributed by atoms with van der Waals surface area (Å²) in [5.41, 5.74) is -0.265. The molecule has 0 radical (unpaired) electrons. The van der Waals surface area contributed by atoms with Crippen molar-refractivity contribution in [3.63, 3.8) is 0 Å². The summed E-state index contributed by atoms with van der Waals surface area (Å²) < 4.78 is 47.7. The van der Waals surface area contributed by atoms with Crippen molar-refractivity contribution in [2.75, 3.05) is 38.1 Å². The maximum atomic E-state index is 13.3. The number of thiazole rings is 1. The normalized spacial score (nSPS) is 23.6. The van der Waals surface area contributed by atoms with Crippen LogP contribution in [0, 0.1) is 0 Å². The van der Waals surface area contributed by atoms with Crippen LogP contribution in [0.1, 0.15) is 35.9 Å². The molecule has 3 aromatic rings. The molecular formula is C25H28F3N3O2S. The zero-order valence-electron chi connectivity index (χ0n) is 19.0. The van der Waals surface area contributed by atoms with Gasteiger partial charge in [-0.1, -0.05) is 24.3 Å². The van der Waals surface area contributed by atoms with Gasteiger partial charge in [0.1, 0.15) is 11.1 Å². The maximum absolute atomic E-state index is 13.3. The summed E-state index contributed by atoms with van der Waals surface area (Å²) in [6.07, 6.45) is -3.48. The number of halogens is 3. The molecular weight excluding hydrogens is 463 g/mol. The van der Waals surface area contributed by atoms with Crippen molar-refractivity contribution in [3.8, 4) is 0 Å². The fourth-order valence-corrected chi connectivity index (χ4v) is 5.76.